The Morgan fingerprint density at radius 1 is 1.29 bits per heavy atom. The average molecular weight is 290 g/mol. The van der Waals surface area contributed by atoms with Gasteiger partial charge in [-0.2, -0.15) is 0 Å². The fourth-order valence-electron chi connectivity index (χ4n) is 2.32. The number of furan rings is 1. The smallest absolute Gasteiger partial charge is 0.146 e. The Labute approximate surface area is 125 Å². The van der Waals surface area contributed by atoms with Gasteiger partial charge in [0.1, 0.15) is 17.3 Å². The maximum atomic E-state index is 13.8. The van der Waals surface area contributed by atoms with Crippen molar-refractivity contribution in [1.82, 2.24) is 5.32 Å². The Morgan fingerprint density at radius 3 is 2.76 bits per heavy atom. The summed E-state index contributed by atoms with van der Waals surface area (Å²) in [5.41, 5.74) is 1.75. The molecule has 21 heavy (non-hydrogen) atoms. The van der Waals surface area contributed by atoms with Crippen LogP contribution in [0.1, 0.15) is 30.4 Å². The molecule has 0 fully saturated rings. The van der Waals surface area contributed by atoms with Crippen molar-refractivity contribution in [2.45, 2.75) is 33.4 Å². The second kappa shape index (κ2) is 7.27. The van der Waals surface area contributed by atoms with Gasteiger partial charge in [-0.05, 0) is 38.1 Å². The predicted octanol–water partition coefficient (Wildman–Crippen LogP) is 3.86. The molecule has 0 aliphatic rings. The first kappa shape index (κ1) is 15.6. The van der Waals surface area contributed by atoms with Gasteiger partial charge in [-0.1, -0.05) is 19.1 Å². The van der Waals surface area contributed by atoms with Crippen LogP contribution < -0.4 is 10.2 Å². The Morgan fingerprint density at radius 2 is 2.05 bits per heavy atom. The molecule has 1 aromatic carbocycles. The van der Waals surface area contributed by atoms with E-state index >= 15 is 0 Å². The Hall–Kier alpha value is -1.81. The summed E-state index contributed by atoms with van der Waals surface area (Å²) < 4.78 is 19.5. The second-order valence-corrected chi connectivity index (χ2v) is 5.28. The second-order valence-electron chi connectivity index (χ2n) is 5.28. The van der Waals surface area contributed by atoms with Gasteiger partial charge in [0, 0.05) is 19.2 Å². The molecule has 0 radical (unpaired) electrons. The van der Waals surface area contributed by atoms with Crippen molar-refractivity contribution < 1.29 is 8.81 Å². The van der Waals surface area contributed by atoms with E-state index in [-0.39, 0.29) is 5.82 Å². The molecule has 0 atom stereocenters. The third-order valence-electron chi connectivity index (χ3n) is 3.47. The normalized spacial score (nSPS) is 10.9. The van der Waals surface area contributed by atoms with Crippen molar-refractivity contribution in [2.24, 2.45) is 0 Å². The third-order valence-corrected chi connectivity index (χ3v) is 3.47. The van der Waals surface area contributed by atoms with E-state index in [0.717, 1.165) is 31.0 Å². The fourth-order valence-corrected chi connectivity index (χ4v) is 2.32. The predicted molar refractivity (Wildman–Crippen MR) is 83.9 cm³/mol. The molecule has 0 aliphatic carbocycles. The highest BCUT2D eigenvalue weighted by Crippen LogP contribution is 2.21. The molecule has 0 amide bonds. The van der Waals surface area contributed by atoms with Crippen LogP contribution in [-0.2, 0) is 13.1 Å². The SMILES string of the molecule is CCCNCc1cc(CN(C)c2ccccc2F)oc1C. The molecule has 0 saturated carbocycles. The molecule has 2 rings (SSSR count). The summed E-state index contributed by atoms with van der Waals surface area (Å²) in [5, 5.41) is 3.37. The standard InChI is InChI=1S/C17H23FN2O/c1-4-9-19-11-14-10-15(21-13(14)2)12-20(3)17-8-6-5-7-16(17)18/h5-8,10,19H,4,9,11-12H2,1-3H3. The number of benzene rings is 1. The first-order valence-electron chi connectivity index (χ1n) is 7.36. The van der Waals surface area contributed by atoms with Crippen molar-refractivity contribution in [2.75, 3.05) is 18.5 Å². The van der Waals surface area contributed by atoms with E-state index in [2.05, 4.69) is 18.3 Å². The van der Waals surface area contributed by atoms with Gasteiger partial charge in [-0.3, -0.25) is 0 Å². The van der Waals surface area contributed by atoms with Crippen LogP contribution in [0.25, 0.3) is 0 Å². The monoisotopic (exact) mass is 290 g/mol. The Bertz CT molecular complexity index is 580. The van der Waals surface area contributed by atoms with Crippen molar-refractivity contribution in [3.05, 3.63) is 53.2 Å². The van der Waals surface area contributed by atoms with E-state index in [1.54, 1.807) is 12.1 Å². The Kier molecular flexibility index (Phi) is 5.39. The summed E-state index contributed by atoms with van der Waals surface area (Å²) in [6.07, 6.45) is 1.11. The first-order valence-corrected chi connectivity index (χ1v) is 7.36. The molecule has 2 aromatic rings. The van der Waals surface area contributed by atoms with Crippen LogP contribution in [-0.4, -0.2) is 13.6 Å². The molecule has 1 N–H and O–H groups in total. The molecule has 4 heteroatoms. The third kappa shape index (κ3) is 4.08. The molecule has 0 saturated heterocycles. The van der Waals surface area contributed by atoms with E-state index in [1.807, 2.05) is 24.9 Å². The maximum Gasteiger partial charge on any atom is 0.146 e. The number of halogens is 1. The number of para-hydroxylation sites is 1. The van der Waals surface area contributed by atoms with Gasteiger partial charge < -0.3 is 14.6 Å². The largest absolute Gasteiger partial charge is 0.464 e. The minimum Gasteiger partial charge on any atom is -0.464 e. The lowest BCUT2D eigenvalue weighted by atomic mass is 10.2. The van der Waals surface area contributed by atoms with E-state index in [0.29, 0.717) is 12.2 Å². The number of aryl methyl sites for hydroxylation is 1. The van der Waals surface area contributed by atoms with Gasteiger partial charge in [0.05, 0.1) is 12.2 Å². The van der Waals surface area contributed by atoms with Crippen LogP contribution in [0.4, 0.5) is 10.1 Å². The minimum absolute atomic E-state index is 0.215. The van der Waals surface area contributed by atoms with Crippen molar-refractivity contribution in [1.29, 1.82) is 0 Å². The van der Waals surface area contributed by atoms with Crippen LogP contribution in [0.2, 0.25) is 0 Å². The summed E-state index contributed by atoms with van der Waals surface area (Å²) >= 11 is 0. The first-order chi connectivity index (χ1) is 10.1. The summed E-state index contributed by atoms with van der Waals surface area (Å²) in [6.45, 7) is 6.47. The van der Waals surface area contributed by atoms with E-state index in [1.165, 1.54) is 11.6 Å². The summed E-state index contributed by atoms with van der Waals surface area (Å²) in [7, 11) is 1.87. The summed E-state index contributed by atoms with van der Waals surface area (Å²) in [6, 6.07) is 8.83. The van der Waals surface area contributed by atoms with E-state index < -0.39 is 0 Å². The van der Waals surface area contributed by atoms with Gasteiger partial charge in [-0.15, -0.1) is 0 Å². The summed E-state index contributed by atoms with van der Waals surface area (Å²) in [5.74, 6) is 1.57. The number of anilines is 1. The number of rotatable bonds is 7. The zero-order valence-corrected chi connectivity index (χ0v) is 12.9. The van der Waals surface area contributed by atoms with Gasteiger partial charge in [0.15, 0.2) is 0 Å². The molecular formula is C17H23FN2O. The van der Waals surface area contributed by atoms with Gasteiger partial charge in [0.25, 0.3) is 0 Å². The molecule has 0 aliphatic heterocycles. The molecular weight excluding hydrogens is 267 g/mol. The highest BCUT2D eigenvalue weighted by atomic mass is 19.1. The summed E-state index contributed by atoms with van der Waals surface area (Å²) in [4.78, 5) is 1.86. The topological polar surface area (TPSA) is 28.4 Å². The highest BCUT2D eigenvalue weighted by molar-refractivity contribution is 5.47. The molecule has 1 heterocycles. The minimum atomic E-state index is -0.215. The van der Waals surface area contributed by atoms with Crippen molar-refractivity contribution in [3.8, 4) is 0 Å². The van der Waals surface area contributed by atoms with E-state index in [9.17, 15) is 4.39 Å². The quantitative estimate of drug-likeness (QED) is 0.785. The van der Waals surface area contributed by atoms with Gasteiger partial charge in [-0.25, -0.2) is 4.39 Å². The highest BCUT2D eigenvalue weighted by Gasteiger charge is 2.12. The van der Waals surface area contributed by atoms with Crippen LogP contribution >= 0.6 is 0 Å². The number of hydrogen-bond acceptors (Lipinski definition) is 3. The van der Waals surface area contributed by atoms with Crippen LogP contribution in [0.3, 0.4) is 0 Å². The van der Waals surface area contributed by atoms with Gasteiger partial charge in [0.2, 0.25) is 0 Å². The molecule has 114 valence electrons. The zero-order chi connectivity index (χ0) is 15.2. The number of hydrogen-bond donors (Lipinski definition) is 1. The maximum absolute atomic E-state index is 13.8. The number of nitrogens with one attached hydrogen (secondary N) is 1. The molecule has 0 spiro atoms. The Balaban J connectivity index is 2.03. The zero-order valence-electron chi connectivity index (χ0n) is 12.9. The van der Waals surface area contributed by atoms with Crippen molar-refractivity contribution in [3.63, 3.8) is 0 Å². The number of nitrogens with zero attached hydrogens (tertiary/aromatic N) is 1. The van der Waals surface area contributed by atoms with Crippen LogP contribution in [0.5, 0.6) is 0 Å². The fraction of sp³-hybridized carbons (Fsp3) is 0.412. The van der Waals surface area contributed by atoms with Crippen LogP contribution in [0, 0.1) is 12.7 Å². The molecule has 0 bridgehead atoms. The average Bonchev–Trinajstić information content (AvgIpc) is 2.79. The lowest BCUT2D eigenvalue weighted by Gasteiger charge is -2.18. The van der Waals surface area contributed by atoms with Gasteiger partial charge >= 0.3 is 0 Å². The molecule has 3 nitrogen and oxygen atoms in total. The van der Waals surface area contributed by atoms with Crippen molar-refractivity contribution >= 4 is 5.69 Å². The molecule has 1 aromatic heterocycles. The van der Waals surface area contributed by atoms with Crippen LogP contribution in [0.15, 0.2) is 34.7 Å². The lowest BCUT2D eigenvalue weighted by Crippen LogP contribution is -2.17. The van der Waals surface area contributed by atoms with E-state index in [4.69, 9.17) is 4.42 Å². The lowest BCUT2D eigenvalue weighted by molar-refractivity contribution is 0.476. The molecule has 0 unspecified atom stereocenters.